The standard InChI is InChI=1S/C17H18/c1-15(17-13-6-3-7-14-17)9-8-12-16-10-4-2-5-11-16/h2-8,10-15H,9H2,1H3. The van der Waals surface area contributed by atoms with Crippen molar-refractivity contribution in [3.8, 4) is 0 Å². The molecular formula is C17H18. The summed E-state index contributed by atoms with van der Waals surface area (Å²) in [5.74, 6) is 0.580. The summed E-state index contributed by atoms with van der Waals surface area (Å²) in [6.45, 7) is 2.27. The van der Waals surface area contributed by atoms with E-state index in [0.29, 0.717) is 5.92 Å². The highest BCUT2D eigenvalue weighted by Crippen LogP contribution is 2.19. The Morgan fingerprint density at radius 2 is 1.47 bits per heavy atom. The summed E-state index contributed by atoms with van der Waals surface area (Å²) in [4.78, 5) is 0. The van der Waals surface area contributed by atoms with Crippen LogP contribution in [-0.4, -0.2) is 0 Å². The van der Waals surface area contributed by atoms with Gasteiger partial charge in [0.2, 0.25) is 0 Å². The van der Waals surface area contributed by atoms with Gasteiger partial charge in [-0.2, -0.15) is 0 Å². The van der Waals surface area contributed by atoms with Gasteiger partial charge in [-0.25, -0.2) is 0 Å². The molecule has 0 fully saturated rings. The summed E-state index contributed by atoms with van der Waals surface area (Å²) in [7, 11) is 0. The zero-order valence-corrected chi connectivity index (χ0v) is 10.2. The molecule has 0 nitrogen and oxygen atoms in total. The van der Waals surface area contributed by atoms with E-state index >= 15 is 0 Å². The molecule has 0 bridgehead atoms. The summed E-state index contributed by atoms with van der Waals surface area (Å²) in [5.41, 5.74) is 2.68. The highest BCUT2D eigenvalue weighted by molar-refractivity contribution is 5.48. The summed E-state index contributed by atoms with van der Waals surface area (Å²) in [6.07, 6.45) is 5.53. The molecule has 86 valence electrons. The zero-order chi connectivity index (χ0) is 11.9. The van der Waals surface area contributed by atoms with Crippen molar-refractivity contribution in [3.63, 3.8) is 0 Å². The Kier molecular flexibility index (Phi) is 4.15. The third kappa shape index (κ3) is 3.60. The third-order valence-corrected chi connectivity index (χ3v) is 2.97. The van der Waals surface area contributed by atoms with Crippen LogP contribution in [0.1, 0.15) is 30.4 Å². The van der Waals surface area contributed by atoms with Gasteiger partial charge in [-0.05, 0) is 23.5 Å². The number of benzene rings is 2. The normalized spacial score (nSPS) is 12.8. The second kappa shape index (κ2) is 6.05. The Bertz CT molecular complexity index is 454. The maximum absolute atomic E-state index is 2.27. The summed E-state index contributed by atoms with van der Waals surface area (Å²) >= 11 is 0. The topological polar surface area (TPSA) is 0 Å². The molecule has 0 N–H and O–H groups in total. The maximum atomic E-state index is 2.27. The van der Waals surface area contributed by atoms with Crippen LogP contribution in [0.25, 0.3) is 6.08 Å². The lowest BCUT2D eigenvalue weighted by Gasteiger charge is -2.08. The van der Waals surface area contributed by atoms with Gasteiger partial charge in [-0.1, -0.05) is 79.7 Å². The molecule has 0 saturated heterocycles. The van der Waals surface area contributed by atoms with Gasteiger partial charge < -0.3 is 0 Å². The van der Waals surface area contributed by atoms with E-state index in [9.17, 15) is 0 Å². The average molecular weight is 222 g/mol. The van der Waals surface area contributed by atoms with Crippen LogP contribution < -0.4 is 0 Å². The lowest BCUT2D eigenvalue weighted by molar-refractivity contribution is 0.783. The van der Waals surface area contributed by atoms with Gasteiger partial charge in [-0.15, -0.1) is 0 Å². The van der Waals surface area contributed by atoms with Crippen LogP contribution in [0.4, 0.5) is 0 Å². The van der Waals surface area contributed by atoms with Gasteiger partial charge in [0.25, 0.3) is 0 Å². The second-order valence-electron chi connectivity index (χ2n) is 4.36. The number of allylic oxidation sites excluding steroid dienone is 1. The fourth-order valence-corrected chi connectivity index (χ4v) is 1.89. The first kappa shape index (κ1) is 11.7. The number of hydrogen-bond donors (Lipinski definition) is 0. The summed E-state index contributed by atoms with van der Waals surface area (Å²) in [6, 6.07) is 21.1. The third-order valence-electron chi connectivity index (χ3n) is 2.97. The predicted molar refractivity (Wildman–Crippen MR) is 75.0 cm³/mol. The van der Waals surface area contributed by atoms with Crippen LogP contribution >= 0.6 is 0 Å². The van der Waals surface area contributed by atoms with E-state index in [1.807, 2.05) is 6.07 Å². The molecule has 0 heteroatoms. The van der Waals surface area contributed by atoms with Crippen molar-refractivity contribution in [1.82, 2.24) is 0 Å². The molecule has 2 aromatic rings. The second-order valence-corrected chi connectivity index (χ2v) is 4.36. The number of hydrogen-bond acceptors (Lipinski definition) is 0. The Morgan fingerprint density at radius 3 is 2.12 bits per heavy atom. The van der Waals surface area contributed by atoms with Gasteiger partial charge in [0.1, 0.15) is 0 Å². The minimum Gasteiger partial charge on any atom is -0.0833 e. The Balaban J connectivity index is 1.93. The molecule has 2 rings (SSSR count). The first-order chi connectivity index (χ1) is 8.36. The van der Waals surface area contributed by atoms with E-state index in [1.165, 1.54) is 11.1 Å². The minimum atomic E-state index is 0.580. The van der Waals surface area contributed by atoms with Crippen molar-refractivity contribution >= 4 is 6.08 Å². The Labute approximate surface area is 104 Å². The fraction of sp³-hybridized carbons (Fsp3) is 0.176. The van der Waals surface area contributed by atoms with Crippen molar-refractivity contribution in [1.29, 1.82) is 0 Å². The molecule has 2 aromatic carbocycles. The average Bonchev–Trinajstić information content (AvgIpc) is 2.41. The molecule has 0 saturated carbocycles. The van der Waals surface area contributed by atoms with E-state index in [4.69, 9.17) is 0 Å². The number of rotatable bonds is 4. The molecule has 0 radical (unpaired) electrons. The summed E-state index contributed by atoms with van der Waals surface area (Å²) < 4.78 is 0. The molecule has 0 spiro atoms. The Morgan fingerprint density at radius 1 is 0.882 bits per heavy atom. The van der Waals surface area contributed by atoms with Crippen LogP contribution in [-0.2, 0) is 0 Å². The van der Waals surface area contributed by atoms with Crippen LogP contribution in [0.5, 0.6) is 0 Å². The largest absolute Gasteiger partial charge is 0.0833 e. The first-order valence-corrected chi connectivity index (χ1v) is 6.13. The lowest BCUT2D eigenvalue weighted by Crippen LogP contribution is -1.90. The SMILES string of the molecule is CC(CC=Cc1ccccc1)c1ccccc1. The van der Waals surface area contributed by atoms with E-state index in [1.54, 1.807) is 0 Å². The van der Waals surface area contributed by atoms with Crippen molar-refractivity contribution in [2.45, 2.75) is 19.3 Å². The zero-order valence-electron chi connectivity index (χ0n) is 10.2. The molecule has 0 aliphatic heterocycles. The minimum absolute atomic E-state index is 0.580. The lowest BCUT2D eigenvalue weighted by atomic mass is 9.97. The molecule has 17 heavy (non-hydrogen) atoms. The van der Waals surface area contributed by atoms with Crippen molar-refractivity contribution < 1.29 is 0 Å². The quantitative estimate of drug-likeness (QED) is 0.690. The van der Waals surface area contributed by atoms with Gasteiger partial charge in [0.05, 0.1) is 0 Å². The maximum Gasteiger partial charge on any atom is -0.0156 e. The molecule has 0 amide bonds. The summed E-state index contributed by atoms with van der Waals surface area (Å²) in [5, 5.41) is 0. The van der Waals surface area contributed by atoms with Crippen LogP contribution in [0.2, 0.25) is 0 Å². The van der Waals surface area contributed by atoms with Gasteiger partial charge in [0.15, 0.2) is 0 Å². The predicted octanol–water partition coefficient (Wildman–Crippen LogP) is 4.89. The molecule has 0 heterocycles. The molecule has 1 atom stereocenters. The fourth-order valence-electron chi connectivity index (χ4n) is 1.89. The van der Waals surface area contributed by atoms with Gasteiger partial charge >= 0.3 is 0 Å². The molecule has 1 unspecified atom stereocenters. The van der Waals surface area contributed by atoms with E-state index < -0.39 is 0 Å². The molecular weight excluding hydrogens is 204 g/mol. The monoisotopic (exact) mass is 222 g/mol. The van der Waals surface area contributed by atoms with Gasteiger partial charge in [0, 0.05) is 0 Å². The van der Waals surface area contributed by atoms with Crippen LogP contribution in [0, 0.1) is 0 Å². The van der Waals surface area contributed by atoms with Gasteiger partial charge in [-0.3, -0.25) is 0 Å². The molecule has 0 aliphatic rings. The highest BCUT2D eigenvalue weighted by Gasteiger charge is 2.01. The van der Waals surface area contributed by atoms with Crippen LogP contribution in [0.3, 0.4) is 0 Å². The van der Waals surface area contributed by atoms with Crippen molar-refractivity contribution in [2.75, 3.05) is 0 Å². The van der Waals surface area contributed by atoms with Crippen molar-refractivity contribution in [2.24, 2.45) is 0 Å². The molecule has 0 aromatic heterocycles. The first-order valence-electron chi connectivity index (χ1n) is 6.13. The van der Waals surface area contributed by atoms with Crippen LogP contribution in [0.15, 0.2) is 66.7 Å². The van der Waals surface area contributed by atoms with E-state index in [-0.39, 0.29) is 0 Å². The Hall–Kier alpha value is -1.82. The van der Waals surface area contributed by atoms with E-state index in [2.05, 4.69) is 73.7 Å². The molecule has 0 aliphatic carbocycles. The van der Waals surface area contributed by atoms with Crippen molar-refractivity contribution in [3.05, 3.63) is 77.9 Å². The highest BCUT2D eigenvalue weighted by atomic mass is 14.1. The van der Waals surface area contributed by atoms with E-state index in [0.717, 1.165) is 6.42 Å². The smallest absolute Gasteiger partial charge is 0.0156 e.